The number of hydrogen-bond donors (Lipinski definition) is 2. The molecule has 130 valence electrons. The molecular weight excluding hydrogens is 420 g/mol. The summed E-state index contributed by atoms with van der Waals surface area (Å²) in [7, 11) is 3.39. The van der Waals surface area contributed by atoms with Crippen molar-refractivity contribution >= 4 is 29.9 Å². The second-order valence-electron chi connectivity index (χ2n) is 5.11. The van der Waals surface area contributed by atoms with Crippen molar-refractivity contribution < 1.29 is 9.13 Å². The van der Waals surface area contributed by atoms with Crippen molar-refractivity contribution in [3.8, 4) is 0 Å². The maximum atomic E-state index is 13.2. The molecule has 0 unspecified atom stereocenters. The van der Waals surface area contributed by atoms with Gasteiger partial charge in [0.2, 0.25) is 0 Å². The number of ether oxygens (including phenoxy) is 1. The lowest BCUT2D eigenvalue weighted by Gasteiger charge is -2.14. The van der Waals surface area contributed by atoms with Crippen molar-refractivity contribution in [2.75, 3.05) is 14.2 Å². The summed E-state index contributed by atoms with van der Waals surface area (Å²) in [5.74, 6) is 0.433. The molecule has 2 rings (SSSR count). The fourth-order valence-corrected chi connectivity index (χ4v) is 2.26. The van der Waals surface area contributed by atoms with E-state index < -0.39 is 0 Å². The van der Waals surface area contributed by atoms with Crippen molar-refractivity contribution in [2.24, 2.45) is 4.99 Å². The summed E-state index contributed by atoms with van der Waals surface area (Å²) in [4.78, 5) is 4.19. The smallest absolute Gasteiger partial charge is 0.191 e. The van der Waals surface area contributed by atoms with Gasteiger partial charge in [-0.2, -0.15) is 0 Å². The van der Waals surface area contributed by atoms with Gasteiger partial charge >= 0.3 is 0 Å². The van der Waals surface area contributed by atoms with Gasteiger partial charge in [0.1, 0.15) is 5.82 Å². The minimum atomic E-state index is -0.235. The Kier molecular flexibility index (Phi) is 9.33. The number of methoxy groups -OCH3 is 1. The van der Waals surface area contributed by atoms with E-state index in [9.17, 15) is 4.39 Å². The van der Waals surface area contributed by atoms with Gasteiger partial charge in [0, 0.05) is 27.2 Å². The first-order chi connectivity index (χ1) is 11.2. The molecule has 0 saturated heterocycles. The van der Waals surface area contributed by atoms with E-state index in [0.29, 0.717) is 25.7 Å². The molecule has 0 aromatic heterocycles. The molecule has 0 saturated carbocycles. The molecule has 6 heteroatoms. The van der Waals surface area contributed by atoms with E-state index in [4.69, 9.17) is 4.74 Å². The van der Waals surface area contributed by atoms with Gasteiger partial charge in [-0.3, -0.25) is 4.99 Å². The summed E-state index contributed by atoms with van der Waals surface area (Å²) in [5, 5.41) is 6.43. The lowest BCUT2D eigenvalue weighted by molar-refractivity contribution is 0.184. The third-order valence-corrected chi connectivity index (χ3v) is 3.44. The maximum Gasteiger partial charge on any atom is 0.191 e. The first-order valence-electron chi connectivity index (χ1n) is 7.47. The average Bonchev–Trinajstić information content (AvgIpc) is 2.57. The lowest BCUT2D eigenvalue weighted by Crippen LogP contribution is -2.36. The van der Waals surface area contributed by atoms with Crippen LogP contribution in [0.1, 0.15) is 16.7 Å². The van der Waals surface area contributed by atoms with Crippen LogP contribution in [-0.2, 0) is 24.4 Å². The Hall–Kier alpha value is -1.67. The molecule has 0 aliphatic heterocycles. The van der Waals surface area contributed by atoms with Crippen LogP contribution in [0.25, 0.3) is 0 Å². The van der Waals surface area contributed by atoms with E-state index in [2.05, 4.69) is 21.7 Å². The third kappa shape index (κ3) is 6.45. The molecule has 4 nitrogen and oxygen atoms in total. The molecule has 0 spiro atoms. The van der Waals surface area contributed by atoms with E-state index in [1.54, 1.807) is 20.2 Å². The Labute approximate surface area is 159 Å². The van der Waals surface area contributed by atoms with Crippen LogP contribution in [0.2, 0.25) is 0 Å². The molecule has 2 N–H and O–H groups in total. The summed E-state index contributed by atoms with van der Waals surface area (Å²) >= 11 is 0. The van der Waals surface area contributed by atoms with Crippen LogP contribution in [0, 0.1) is 5.82 Å². The number of nitrogens with one attached hydrogen (secondary N) is 2. The van der Waals surface area contributed by atoms with Crippen LogP contribution in [0.15, 0.2) is 53.5 Å². The third-order valence-electron chi connectivity index (χ3n) is 3.44. The van der Waals surface area contributed by atoms with Gasteiger partial charge in [-0.05, 0) is 28.8 Å². The molecule has 0 aliphatic rings. The zero-order valence-electron chi connectivity index (χ0n) is 13.9. The molecule has 0 aliphatic carbocycles. The van der Waals surface area contributed by atoms with Gasteiger partial charge in [0.05, 0.1) is 6.61 Å². The summed E-state index contributed by atoms with van der Waals surface area (Å²) in [6, 6.07) is 14.6. The summed E-state index contributed by atoms with van der Waals surface area (Å²) < 4.78 is 18.4. The predicted molar refractivity (Wildman–Crippen MR) is 106 cm³/mol. The zero-order valence-corrected chi connectivity index (χ0v) is 16.2. The summed E-state index contributed by atoms with van der Waals surface area (Å²) in [6.45, 7) is 1.73. The van der Waals surface area contributed by atoms with Gasteiger partial charge in [0.25, 0.3) is 0 Å². The van der Waals surface area contributed by atoms with Gasteiger partial charge in [-0.15, -0.1) is 24.0 Å². The standard InChI is InChI=1S/C18H22FN3O.HI/c1-20-18(21-11-14-6-5-9-17(19)10-14)22-12-15-7-3-4-8-16(15)13-23-2;/h3-10H,11-13H2,1-2H3,(H2,20,21,22);1H. The molecule has 0 atom stereocenters. The van der Waals surface area contributed by atoms with Gasteiger partial charge in [0.15, 0.2) is 5.96 Å². The number of rotatable bonds is 6. The minimum absolute atomic E-state index is 0. The Morgan fingerprint density at radius 1 is 1.04 bits per heavy atom. The van der Waals surface area contributed by atoms with E-state index in [1.807, 2.05) is 24.3 Å². The monoisotopic (exact) mass is 443 g/mol. The molecule has 2 aromatic rings. The quantitative estimate of drug-likeness (QED) is 0.409. The van der Waals surface area contributed by atoms with Crippen molar-refractivity contribution in [3.05, 3.63) is 71.0 Å². The molecule has 0 radical (unpaired) electrons. The van der Waals surface area contributed by atoms with E-state index >= 15 is 0 Å². The van der Waals surface area contributed by atoms with Gasteiger partial charge in [-0.1, -0.05) is 36.4 Å². The molecule has 24 heavy (non-hydrogen) atoms. The van der Waals surface area contributed by atoms with E-state index in [0.717, 1.165) is 16.7 Å². The van der Waals surface area contributed by atoms with Crippen molar-refractivity contribution in [3.63, 3.8) is 0 Å². The van der Waals surface area contributed by atoms with Gasteiger partial charge < -0.3 is 15.4 Å². The van der Waals surface area contributed by atoms with Crippen LogP contribution in [0.4, 0.5) is 4.39 Å². The normalized spacial score (nSPS) is 10.9. The Morgan fingerprint density at radius 3 is 2.42 bits per heavy atom. The predicted octanol–water partition coefficient (Wildman–Crippen LogP) is 3.46. The molecule has 0 fully saturated rings. The largest absolute Gasteiger partial charge is 0.380 e. The fourth-order valence-electron chi connectivity index (χ4n) is 2.26. The first kappa shape index (κ1) is 20.4. The van der Waals surface area contributed by atoms with Gasteiger partial charge in [-0.25, -0.2) is 4.39 Å². The number of guanidine groups is 1. The average molecular weight is 443 g/mol. The second-order valence-corrected chi connectivity index (χ2v) is 5.11. The molecule has 0 amide bonds. The Bertz CT molecular complexity index is 664. The highest BCUT2D eigenvalue weighted by Crippen LogP contribution is 2.09. The SMILES string of the molecule is CN=C(NCc1cccc(F)c1)NCc1ccccc1COC.I. The Balaban J connectivity index is 0.00000288. The van der Waals surface area contributed by atoms with Crippen molar-refractivity contribution in [2.45, 2.75) is 19.7 Å². The van der Waals surface area contributed by atoms with E-state index in [1.165, 1.54) is 12.1 Å². The lowest BCUT2D eigenvalue weighted by atomic mass is 10.1. The molecule has 0 bridgehead atoms. The number of hydrogen-bond acceptors (Lipinski definition) is 2. The number of nitrogens with zero attached hydrogens (tertiary/aromatic N) is 1. The molecular formula is C18H23FIN3O. The second kappa shape index (κ2) is 11.0. The minimum Gasteiger partial charge on any atom is -0.380 e. The Morgan fingerprint density at radius 2 is 1.75 bits per heavy atom. The van der Waals surface area contributed by atoms with E-state index in [-0.39, 0.29) is 29.8 Å². The summed E-state index contributed by atoms with van der Waals surface area (Å²) in [6.07, 6.45) is 0. The van der Waals surface area contributed by atoms with Crippen LogP contribution < -0.4 is 10.6 Å². The van der Waals surface area contributed by atoms with Crippen LogP contribution in [0.3, 0.4) is 0 Å². The zero-order chi connectivity index (χ0) is 16.5. The van der Waals surface area contributed by atoms with Crippen LogP contribution in [-0.4, -0.2) is 20.1 Å². The summed E-state index contributed by atoms with van der Waals surface area (Å²) in [5.41, 5.74) is 3.17. The molecule has 2 aromatic carbocycles. The highest BCUT2D eigenvalue weighted by molar-refractivity contribution is 14.0. The number of aliphatic imine (C=N–C) groups is 1. The van der Waals surface area contributed by atoms with Crippen molar-refractivity contribution in [1.82, 2.24) is 10.6 Å². The number of halogens is 2. The van der Waals surface area contributed by atoms with Crippen molar-refractivity contribution in [1.29, 1.82) is 0 Å². The topological polar surface area (TPSA) is 45.7 Å². The van der Waals surface area contributed by atoms with Crippen LogP contribution in [0.5, 0.6) is 0 Å². The highest BCUT2D eigenvalue weighted by Gasteiger charge is 2.03. The number of benzene rings is 2. The van der Waals surface area contributed by atoms with Crippen LogP contribution >= 0.6 is 24.0 Å². The maximum absolute atomic E-state index is 13.2. The molecule has 0 heterocycles. The highest BCUT2D eigenvalue weighted by atomic mass is 127. The fraction of sp³-hybridized carbons (Fsp3) is 0.278. The first-order valence-corrected chi connectivity index (χ1v) is 7.47.